The maximum atomic E-state index is 14.3. The molecule has 3 aliphatic heterocycles. The molecule has 1 amide bonds. The number of carbonyl (C=O) groups is 1. The Balaban J connectivity index is 1.19. The molecule has 12 heteroatoms. The van der Waals surface area contributed by atoms with Crippen LogP contribution in [0.1, 0.15) is 30.5 Å². The van der Waals surface area contributed by atoms with Crippen molar-refractivity contribution in [2.24, 2.45) is 5.41 Å². The molecule has 1 atom stereocenters. The maximum Gasteiger partial charge on any atom is 0.318 e. The summed E-state index contributed by atoms with van der Waals surface area (Å²) in [6.07, 6.45) is 1.89. The number of aromatic nitrogens is 2. The monoisotopic (exact) mass is 631 g/mol. The Morgan fingerprint density at radius 1 is 1.11 bits per heavy atom. The lowest BCUT2D eigenvalue weighted by molar-refractivity contribution is -0.131. The first-order valence-corrected chi connectivity index (χ1v) is 15.8. The molecule has 3 fully saturated rings. The van der Waals surface area contributed by atoms with E-state index in [1.807, 2.05) is 23.1 Å². The van der Waals surface area contributed by atoms with E-state index in [0.29, 0.717) is 58.1 Å². The molecule has 4 aliphatic rings. The second kappa shape index (κ2) is 12.1. The van der Waals surface area contributed by atoms with Crippen LogP contribution >= 0.6 is 0 Å². The van der Waals surface area contributed by atoms with Crippen LogP contribution in [0.15, 0.2) is 48.8 Å². The molecular weight excluding hydrogens is 595 g/mol. The SMILES string of the molecule is C=C(F)C(=O)N1CCN(c2nc(OCC3(CN4CC(F)C4)CC3)nc3c2CCN(c2cccc4ccc(F)cc24)C3)C[C@@H]1CC#N. The number of anilines is 2. The van der Waals surface area contributed by atoms with Crippen molar-refractivity contribution in [1.82, 2.24) is 19.8 Å². The smallest absolute Gasteiger partial charge is 0.318 e. The van der Waals surface area contributed by atoms with Gasteiger partial charge in [0, 0.05) is 67.9 Å². The Bertz CT molecular complexity index is 1720. The van der Waals surface area contributed by atoms with E-state index in [-0.39, 0.29) is 30.2 Å². The van der Waals surface area contributed by atoms with E-state index in [1.54, 1.807) is 12.1 Å². The molecule has 4 heterocycles. The molecule has 1 saturated carbocycles. The van der Waals surface area contributed by atoms with E-state index in [1.165, 1.54) is 11.0 Å². The summed E-state index contributed by atoms with van der Waals surface area (Å²) in [4.78, 5) is 30.0. The second-order valence-corrected chi connectivity index (χ2v) is 13.0. The van der Waals surface area contributed by atoms with Gasteiger partial charge in [0.15, 0.2) is 5.83 Å². The van der Waals surface area contributed by atoms with Gasteiger partial charge in [-0.1, -0.05) is 24.8 Å². The van der Waals surface area contributed by atoms with Crippen LogP contribution in [-0.2, 0) is 17.8 Å². The Hall–Kier alpha value is -4.37. The highest BCUT2D eigenvalue weighted by Gasteiger charge is 2.47. The molecule has 7 rings (SSSR count). The second-order valence-electron chi connectivity index (χ2n) is 13.0. The number of fused-ring (bicyclic) bond motifs is 2. The number of piperazine rings is 1. The molecule has 2 aromatic carbocycles. The summed E-state index contributed by atoms with van der Waals surface area (Å²) in [7, 11) is 0. The number of nitriles is 1. The molecule has 46 heavy (non-hydrogen) atoms. The van der Waals surface area contributed by atoms with Crippen LogP contribution in [0.5, 0.6) is 6.01 Å². The number of rotatable bonds is 9. The van der Waals surface area contributed by atoms with Gasteiger partial charge in [-0.05, 0) is 42.8 Å². The zero-order valence-electron chi connectivity index (χ0n) is 25.6. The van der Waals surface area contributed by atoms with Gasteiger partial charge in [0.25, 0.3) is 5.91 Å². The van der Waals surface area contributed by atoms with Crippen molar-refractivity contribution < 1.29 is 22.7 Å². The van der Waals surface area contributed by atoms with Crippen LogP contribution in [0.25, 0.3) is 10.8 Å². The normalized spacial score (nSPS) is 21.0. The molecule has 3 aromatic rings. The van der Waals surface area contributed by atoms with Crippen LogP contribution in [-0.4, -0.2) is 90.3 Å². The fourth-order valence-corrected chi connectivity index (χ4v) is 7.03. The van der Waals surface area contributed by atoms with Gasteiger partial charge in [0.2, 0.25) is 0 Å². The summed E-state index contributed by atoms with van der Waals surface area (Å²) in [5, 5.41) is 11.3. The Kier molecular flexibility index (Phi) is 7.97. The van der Waals surface area contributed by atoms with E-state index in [2.05, 4.69) is 22.4 Å². The lowest BCUT2D eigenvalue weighted by atomic mass is 10.0. The molecule has 2 saturated heterocycles. The van der Waals surface area contributed by atoms with E-state index in [0.717, 1.165) is 47.1 Å². The first-order valence-electron chi connectivity index (χ1n) is 15.8. The van der Waals surface area contributed by atoms with Crippen molar-refractivity contribution in [2.45, 2.75) is 44.4 Å². The number of hydrogen-bond acceptors (Lipinski definition) is 8. The fourth-order valence-electron chi connectivity index (χ4n) is 7.03. The minimum absolute atomic E-state index is 0.0380. The van der Waals surface area contributed by atoms with Crippen molar-refractivity contribution in [2.75, 3.05) is 62.2 Å². The Morgan fingerprint density at radius 2 is 1.93 bits per heavy atom. The third-order valence-corrected chi connectivity index (χ3v) is 9.72. The quantitative estimate of drug-likeness (QED) is 0.318. The Morgan fingerprint density at radius 3 is 2.67 bits per heavy atom. The largest absolute Gasteiger partial charge is 0.463 e. The summed E-state index contributed by atoms with van der Waals surface area (Å²) in [6.45, 7) is 7.29. The molecule has 240 valence electrons. The van der Waals surface area contributed by atoms with Crippen molar-refractivity contribution >= 4 is 28.2 Å². The standard InChI is InChI=1S/C34H36F3N7O2/c1-22(35)32(45)44-14-13-43(18-26(44)7-11-38)31-27-8-12-42(30-4-2-3-23-5-6-24(36)15-28(23)30)19-29(27)39-33(40-31)46-21-34(9-10-34)20-41-16-25(37)17-41/h2-6,15,25-26H,1,7-10,12-14,16-21H2/t26-/m0/s1. The highest BCUT2D eigenvalue weighted by atomic mass is 19.1. The molecule has 0 bridgehead atoms. The van der Waals surface area contributed by atoms with E-state index >= 15 is 0 Å². The third kappa shape index (κ3) is 5.96. The number of nitrogens with zero attached hydrogens (tertiary/aromatic N) is 7. The van der Waals surface area contributed by atoms with Gasteiger partial charge < -0.3 is 19.4 Å². The van der Waals surface area contributed by atoms with Gasteiger partial charge >= 0.3 is 6.01 Å². The van der Waals surface area contributed by atoms with Gasteiger partial charge in [0.05, 0.1) is 37.4 Å². The van der Waals surface area contributed by atoms with Gasteiger partial charge in [-0.3, -0.25) is 9.69 Å². The van der Waals surface area contributed by atoms with Crippen molar-refractivity contribution in [1.29, 1.82) is 5.26 Å². The third-order valence-electron chi connectivity index (χ3n) is 9.72. The highest BCUT2D eigenvalue weighted by Crippen LogP contribution is 2.47. The molecule has 0 spiro atoms. The van der Waals surface area contributed by atoms with Crippen LogP contribution < -0.4 is 14.5 Å². The number of likely N-dealkylation sites (tertiary alicyclic amines) is 1. The fraction of sp³-hybridized carbons (Fsp3) is 0.471. The molecule has 0 radical (unpaired) electrons. The predicted octanol–water partition coefficient (Wildman–Crippen LogP) is 4.56. The minimum Gasteiger partial charge on any atom is -0.463 e. The first-order chi connectivity index (χ1) is 22.2. The van der Waals surface area contributed by atoms with E-state index in [9.17, 15) is 23.2 Å². The summed E-state index contributed by atoms with van der Waals surface area (Å²) in [5.74, 6) is -1.46. The first kappa shape index (κ1) is 30.3. The van der Waals surface area contributed by atoms with Gasteiger partial charge in [-0.2, -0.15) is 15.2 Å². The molecular formula is C34H36F3N7O2. The van der Waals surface area contributed by atoms with Gasteiger partial charge in [0.1, 0.15) is 17.8 Å². The lowest BCUT2D eigenvalue weighted by Crippen LogP contribution is -2.55. The number of amides is 1. The van der Waals surface area contributed by atoms with Crippen LogP contribution in [0.2, 0.25) is 0 Å². The number of ether oxygens (including phenoxy) is 1. The lowest BCUT2D eigenvalue weighted by Gasteiger charge is -2.42. The van der Waals surface area contributed by atoms with Crippen molar-refractivity contribution in [3.63, 3.8) is 0 Å². The molecule has 1 aliphatic carbocycles. The highest BCUT2D eigenvalue weighted by molar-refractivity contribution is 5.94. The van der Waals surface area contributed by atoms with Crippen molar-refractivity contribution in [3.8, 4) is 12.1 Å². The predicted molar refractivity (Wildman–Crippen MR) is 167 cm³/mol. The van der Waals surface area contributed by atoms with Crippen molar-refractivity contribution in [3.05, 3.63) is 65.9 Å². The topological polar surface area (TPSA) is 88.8 Å². The molecule has 0 N–H and O–H groups in total. The molecule has 0 unspecified atom stereocenters. The number of alkyl halides is 1. The zero-order valence-corrected chi connectivity index (χ0v) is 25.6. The summed E-state index contributed by atoms with van der Waals surface area (Å²) in [6, 6.07) is 12.5. The molecule has 9 nitrogen and oxygen atoms in total. The van der Waals surface area contributed by atoms with Gasteiger partial charge in [-0.15, -0.1) is 0 Å². The van der Waals surface area contributed by atoms with E-state index in [4.69, 9.17) is 14.7 Å². The van der Waals surface area contributed by atoms with Crippen LogP contribution in [0.3, 0.4) is 0 Å². The average molecular weight is 632 g/mol. The number of carbonyl (C=O) groups excluding carboxylic acids is 1. The van der Waals surface area contributed by atoms with E-state index < -0.39 is 23.9 Å². The maximum absolute atomic E-state index is 14.3. The average Bonchev–Trinajstić information content (AvgIpc) is 3.81. The summed E-state index contributed by atoms with van der Waals surface area (Å²) >= 11 is 0. The molecule has 1 aromatic heterocycles. The number of hydrogen-bond donors (Lipinski definition) is 0. The zero-order chi connectivity index (χ0) is 32.0. The van der Waals surface area contributed by atoms with Crippen LogP contribution in [0, 0.1) is 22.6 Å². The summed E-state index contributed by atoms with van der Waals surface area (Å²) < 4.78 is 47.9. The number of halogens is 3. The summed E-state index contributed by atoms with van der Waals surface area (Å²) in [5.41, 5.74) is 2.61. The van der Waals surface area contributed by atoms with Gasteiger partial charge in [-0.25, -0.2) is 13.2 Å². The minimum atomic E-state index is -1.05. The number of benzene rings is 2. The van der Waals surface area contributed by atoms with Crippen LogP contribution in [0.4, 0.5) is 24.7 Å². The Labute approximate surface area is 265 Å².